The average molecular weight is 297 g/mol. The van der Waals surface area contributed by atoms with Crippen molar-refractivity contribution in [2.24, 2.45) is 17.6 Å². The lowest BCUT2D eigenvalue weighted by Gasteiger charge is -2.38. The molecule has 0 radical (unpaired) electrons. The second-order valence-electron chi connectivity index (χ2n) is 6.01. The molecule has 0 aromatic rings. The third-order valence-corrected chi connectivity index (χ3v) is 4.42. The lowest BCUT2D eigenvalue weighted by atomic mass is 9.93. The Morgan fingerprint density at radius 1 is 1.05 bits per heavy atom. The number of rotatable bonds is 3. The van der Waals surface area contributed by atoms with Gasteiger partial charge in [0.2, 0.25) is 5.91 Å². The zero-order valence-corrected chi connectivity index (χ0v) is 12.2. The van der Waals surface area contributed by atoms with Crippen molar-refractivity contribution in [3.8, 4) is 0 Å². The fourth-order valence-corrected chi connectivity index (χ4v) is 3.17. The van der Waals surface area contributed by atoms with E-state index in [1.54, 1.807) is 9.80 Å². The van der Waals surface area contributed by atoms with Crippen LogP contribution in [0, 0.1) is 11.8 Å². The molecule has 2 fully saturated rings. The Balaban J connectivity index is 1.84. The van der Waals surface area contributed by atoms with Crippen LogP contribution in [-0.2, 0) is 9.59 Å². The summed E-state index contributed by atoms with van der Waals surface area (Å²) in [6.07, 6.45) is 3.32. The SMILES string of the molecule is NC(=O)CC1CCN(C(=O)N2CCC[C@@H](C(=O)O)C2)CC1. The van der Waals surface area contributed by atoms with Gasteiger partial charge in [0.05, 0.1) is 5.92 Å². The molecule has 3 N–H and O–H groups in total. The maximum atomic E-state index is 12.4. The number of hydrogen-bond acceptors (Lipinski definition) is 3. The van der Waals surface area contributed by atoms with E-state index in [9.17, 15) is 14.4 Å². The molecule has 2 aliphatic rings. The van der Waals surface area contributed by atoms with Crippen LogP contribution in [0.2, 0.25) is 0 Å². The molecule has 2 heterocycles. The Labute approximate surface area is 124 Å². The van der Waals surface area contributed by atoms with E-state index in [0.29, 0.717) is 39.0 Å². The van der Waals surface area contributed by atoms with Crippen LogP contribution in [0.3, 0.4) is 0 Å². The molecule has 2 saturated heterocycles. The summed E-state index contributed by atoms with van der Waals surface area (Å²) in [7, 11) is 0. The zero-order valence-electron chi connectivity index (χ0n) is 12.2. The van der Waals surface area contributed by atoms with Crippen molar-refractivity contribution in [3.63, 3.8) is 0 Å². The van der Waals surface area contributed by atoms with E-state index < -0.39 is 11.9 Å². The Hall–Kier alpha value is -1.79. The number of hydrogen-bond donors (Lipinski definition) is 2. The summed E-state index contributed by atoms with van der Waals surface area (Å²) >= 11 is 0. The Morgan fingerprint density at radius 3 is 2.29 bits per heavy atom. The zero-order chi connectivity index (χ0) is 15.4. The molecule has 3 amide bonds. The first-order valence-electron chi connectivity index (χ1n) is 7.52. The van der Waals surface area contributed by atoms with Gasteiger partial charge in [-0.25, -0.2) is 4.79 Å². The number of likely N-dealkylation sites (tertiary alicyclic amines) is 2. The predicted octanol–water partition coefficient (Wildman–Crippen LogP) is 0.490. The smallest absolute Gasteiger partial charge is 0.320 e. The summed E-state index contributed by atoms with van der Waals surface area (Å²) in [5, 5.41) is 9.07. The van der Waals surface area contributed by atoms with E-state index in [0.717, 1.165) is 19.3 Å². The first-order valence-corrected chi connectivity index (χ1v) is 7.52. The first-order chi connectivity index (χ1) is 9.97. The van der Waals surface area contributed by atoms with E-state index in [1.807, 2.05) is 0 Å². The van der Waals surface area contributed by atoms with E-state index >= 15 is 0 Å². The van der Waals surface area contributed by atoms with Crippen molar-refractivity contribution in [3.05, 3.63) is 0 Å². The highest BCUT2D eigenvalue weighted by molar-refractivity contribution is 5.77. The summed E-state index contributed by atoms with van der Waals surface area (Å²) in [6.45, 7) is 2.16. The monoisotopic (exact) mass is 297 g/mol. The first kappa shape index (κ1) is 15.6. The number of urea groups is 1. The quantitative estimate of drug-likeness (QED) is 0.791. The van der Waals surface area contributed by atoms with Crippen LogP contribution in [0.5, 0.6) is 0 Å². The lowest BCUT2D eigenvalue weighted by Crippen LogP contribution is -2.51. The highest BCUT2D eigenvalue weighted by Gasteiger charge is 2.32. The number of primary amides is 1. The van der Waals surface area contributed by atoms with Crippen molar-refractivity contribution in [1.29, 1.82) is 0 Å². The molecule has 21 heavy (non-hydrogen) atoms. The molecule has 0 spiro atoms. The Kier molecular flexibility index (Phi) is 5.03. The Morgan fingerprint density at radius 2 is 1.71 bits per heavy atom. The van der Waals surface area contributed by atoms with E-state index in [4.69, 9.17) is 10.8 Å². The largest absolute Gasteiger partial charge is 0.481 e. The molecule has 0 aliphatic carbocycles. The third kappa shape index (κ3) is 4.09. The summed E-state index contributed by atoms with van der Waals surface area (Å²) in [5.74, 6) is -1.30. The molecule has 1 atom stereocenters. The van der Waals surface area contributed by atoms with E-state index in [2.05, 4.69) is 0 Å². The van der Waals surface area contributed by atoms with Crippen LogP contribution in [0.4, 0.5) is 4.79 Å². The van der Waals surface area contributed by atoms with Crippen LogP contribution in [0.15, 0.2) is 0 Å². The number of carbonyl (C=O) groups is 3. The summed E-state index contributed by atoms with van der Waals surface area (Å²) < 4.78 is 0. The van der Waals surface area contributed by atoms with Crippen molar-refractivity contribution in [1.82, 2.24) is 9.80 Å². The normalized spacial score (nSPS) is 23.9. The summed E-state index contributed by atoms with van der Waals surface area (Å²) in [4.78, 5) is 37.8. The molecule has 7 heteroatoms. The fraction of sp³-hybridized carbons (Fsp3) is 0.786. The molecule has 2 aliphatic heterocycles. The molecule has 2 rings (SSSR count). The van der Waals surface area contributed by atoms with Gasteiger partial charge in [-0.3, -0.25) is 9.59 Å². The molecule has 0 aromatic heterocycles. The van der Waals surface area contributed by atoms with Gasteiger partial charge in [0, 0.05) is 32.6 Å². The van der Waals surface area contributed by atoms with Crippen LogP contribution in [0.1, 0.15) is 32.1 Å². The number of piperidine rings is 2. The maximum Gasteiger partial charge on any atom is 0.320 e. The van der Waals surface area contributed by atoms with Gasteiger partial charge in [-0.2, -0.15) is 0 Å². The summed E-state index contributed by atoms with van der Waals surface area (Å²) in [5.41, 5.74) is 5.19. The topological polar surface area (TPSA) is 104 Å². The van der Waals surface area contributed by atoms with Gasteiger partial charge < -0.3 is 20.6 Å². The minimum Gasteiger partial charge on any atom is -0.481 e. The third-order valence-electron chi connectivity index (χ3n) is 4.42. The second kappa shape index (κ2) is 6.78. The minimum atomic E-state index is -0.826. The average Bonchev–Trinajstić information content (AvgIpc) is 2.47. The summed E-state index contributed by atoms with van der Waals surface area (Å²) in [6, 6.07) is -0.0709. The van der Waals surface area contributed by atoms with Gasteiger partial charge in [0.1, 0.15) is 0 Å². The number of carboxylic acid groups (broad SMARTS) is 1. The number of amides is 3. The highest BCUT2D eigenvalue weighted by Crippen LogP contribution is 2.23. The highest BCUT2D eigenvalue weighted by atomic mass is 16.4. The second-order valence-corrected chi connectivity index (χ2v) is 6.01. The van der Waals surface area contributed by atoms with Crippen LogP contribution in [-0.4, -0.2) is 59.0 Å². The van der Waals surface area contributed by atoms with E-state index in [1.165, 1.54) is 0 Å². The van der Waals surface area contributed by atoms with Crippen molar-refractivity contribution >= 4 is 17.9 Å². The van der Waals surface area contributed by atoms with Gasteiger partial charge in [-0.1, -0.05) is 0 Å². The number of aliphatic carboxylic acids is 1. The van der Waals surface area contributed by atoms with Crippen LogP contribution >= 0.6 is 0 Å². The van der Waals surface area contributed by atoms with Gasteiger partial charge >= 0.3 is 12.0 Å². The van der Waals surface area contributed by atoms with Crippen molar-refractivity contribution < 1.29 is 19.5 Å². The minimum absolute atomic E-state index is 0.0709. The standard InChI is InChI=1S/C14H23N3O4/c15-12(18)8-10-3-6-16(7-4-10)14(21)17-5-1-2-11(9-17)13(19)20/h10-11H,1-9H2,(H2,15,18)(H,19,20)/t11-/m1/s1. The molecular formula is C14H23N3O4. The Bertz CT molecular complexity index is 418. The number of carboxylic acids is 1. The van der Waals surface area contributed by atoms with Gasteiger partial charge in [-0.05, 0) is 31.6 Å². The molecule has 118 valence electrons. The van der Waals surface area contributed by atoms with Gasteiger partial charge in [0.25, 0.3) is 0 Å². The van der Waals surface area contributed by atoms with Crippen LogP contribution in [0.25, 0.3) is 0 Å². The number of nitrogens with two attached hydrogens (primary N) is 1. The fourth-order valence-electron chi connectivity index (χ4n) is 3.17. The van der Waals surface area contributed by atoms with Crippen molar-refractivity contribution in [2.75, 3.05) is 26.2 Å². The predicted molar refractivity (Wildman–Crippen MR) is 75.4 cm³/mol. The number of nitrogens with zero attached hydrogens (tertiary/aromatic N) is 2. The molecule has 7 nitrogen and oxygen atoms in total. The molecule has 0 unspecified atom stereocenters. The van der Waals surface area contributed by atoms with Crippen LogP contribution < -0.4 is 5.73 Å². The molecule has 0 aromatic carbocycles. The number of carbonyl (C=O) groups excluding carboxylic acids is 2. The molecule has 0 bridgehead atoms. The van der Waals surface area contributed by atoms with Crippen molar-refractivity contribution in [2.45, 2.75) is 32.1 Å². The van der Waals surface area contributed by atoms with E-state index in [-0.39, 0.29) is 17.9 Å². The molecule has 0 saturated carbocycles. The maximum absolute atomic E-state index is 12.4. The lowest BCUT2D eigenvalue weighted by molar-refractivity contribution is -0.143. The molecular weight excluding hydrogens is 274 g/mol. The van der Waals surface area contributed by atoms with Gasteiger partial charge in [-0.15, -0.1) is 0 Å². The van der Waals surface area contributed by atoms with Gasteiger partial charge in [0.15, 0.2) is 0 Å².